The third kappa shape index (κ3) is 3.82. The third-order valence-corrected chi connectivity index (χ3v) is 7.58. The molecule has 0 saturated carbocycles. The van der Waals surface area contributed by atoms with Gasteiger partial charge in [0.2, 0.25) is 0 Å². The SMILES string of the molecule is Cc1nc(N2CCC3(CC2)Cc2ccccc2C3)c(CO)nc1-c1ccc(Cl)c(Cl)c1. The summed E-state index contributed by atoms with van der Waals surface area (Å²) in [7, 11) is 0. The lowest BCUT2D eigenvalue weighted by molar-refractivity contribution is 0.231. The zero-order chi connectivity index (χ0) is 21.6. The van der Waals surface area contributed by atoms with Crippen molar-refractivity contribution in [2.24, 2.45) is 5.41 Å². The molecule has 2 heterocycles. The summed E-state index contributed by atoms with van der Waals surface area (Å²) in [6.07, 6.45) is 4.60. The first-order valence-corrected chi connectivity index (χ1v) is 11.5. The van der Waals surface area contributed by atoms with Gasteiger partial charge in [-0.05, 0) is 61.3 Å². The quantitative estimate of drug-likeness (QED) is 0.557. The molecule has 0 bridgehead atoms. The fourth-order valence-corrected chi connectivity index (χ4v) is 5.44. The second kappa shape index (κ2) is 8.09. The lowest BCUT2D eigenvalue weighted by Gasteiger charge is -2.40. The third-order valence-electron chi connectivity index (χ3n) is 6.84. The zero-order valence-electron chi connectivity index (χ0n) is 17.5. The van der Waals surface area contributed by atoms with Crippen LogP contribution in [0.2, 0.25) is 10.0 Å². The van der Waals surface area contributed by atoms with Gasteiger partial charge in [-0.3, -0.25) is 0 Å². The second-order valence-corrected chi connectivity index (χ2v) is 9.64. The molecule has 2 aliphatic rings. The molecule has 1 N–H and O–H groups in total. The normalized spacial score (nSPS) is 17.2. The number of benzene rings is 2. The molecule has 2 aromatic carbocycles. The number of aliphatic hydroxyl groups excluding tert-OH is 1. The first-order chi connectivity index (χ1) is 15.0. The van der Waals surface area contributed by atoms with Crippen LogP contribution in [0.4, 0.5) is 5.82 Å². The van der Waals surface area contributed by atoms with Crippen LogP contribution in [-0.2, 0) is 19.4 Å². The standard InChI is InChI=1S/C25H25Cl2N3O/c1-16-23(17-6-7-20(26)21(27)12-17)29-22(15-31)24(28-16)30-10-8-25(9-11-30)13-18-4-2-3-5-19(18)14-25/h2-7,12,31H,8-11,13-15H2,1H3. The lowest BCUT2D eigenvalue weighted by atomic mass is 9.76. The van der Waals surface area contributed by atoms with E-state index in [1.165, 1.54) is 24.0 Å². The van der Waals surface area contributed by atoms with Crippen LogP contribution >= 0.6 is 23.2 Å². The van der Waals surface area contributed by atoms with Gasteiger partial charge in [0.1, 0.15) is 5.69 Å². The number of halogens is 2. The second-order valence-electron chi connectivity index (χ2n) is 8.82. The fourth-order valence-electron chi connectivity index (χ4n) is 5.14. The van der Waals surface area contributed by atoms with Gasteiger partial charge in [-0.1, -0.05) is 53.5 Å². The highest BCUT2D eigenvalue weighted by Gasteiger charge is 2.40. The van der Waals surface area contributed by atoms with Crippen LogP contribution in [0.3, 0.4) is 0 Å². The molecule has 0 radical (unpaired) electrons. The highest BCUT2D eigenvalue weighted by atomic mass is 35.5. The van der Waals surface area contributed by atoms with Crippen LogP contribution in [0.1, 0.15) is 35.4 Å². The summed E-state index contributed by atoms with van der Waals surface area (Å²) in [6.45, 7) is 3.67. The Bertz CT molecular complexity index is 1110. The zero-order valence-corrected chi connectivity index (χ0v) is 19.0. The summed E-state index contributed by atoms with van der Waals surface area (Å²) in [4.78, 5) is 11.9. The van der Waals surface area contributed by atoms with Crippen LogP contribution < -0.4 is 4.90 Å². The van der Waals surface area contributed by atoms with Crippen molar-refractivity contribution in [1.82, 2.24) is 9.97 Å². The maximum Gasteiger partial charge on any atom is 0.153 e. The minimum absolute atomic E-state index is 0.149. The van der Waals surface area contributed by atoms with Gasteiger partial charge < -0.3 is 10.0 Å². The Labute approximate surface area is 192 Å². The average molecular weight is 454 g/mol. The van der Waals surface area contributed by atoms with Crippen molar-refractivity contribution >= 4 is 29.0 Å². The van der Waals surface area contributed by atoms with Crippen molar-refractivity contribution in [2.45, 2.75) is 39.2 Å². The Kier molecular flexibility index (Phi) is 5.41. The predicted molar refractivity (Wildman–Crippen MR) is 126 cm³/mol. The van der Waals surface area contributed by atoms with E-state index in [-0.39, 0.29) is 6.61 Å². The van der Waals surface area contributed by atoms with Gasteiger partial charge in [0.25, 0.3) is 0 Å². The Morgan fingerprint density at radius 1 is 0.968 bits per heavy atom. The van der Waals surface area contributed by atoms with Crippen molar-refractivity contribution in [3.05, 3.63) is 75.0 Å². The monoisotopic (exact) mass is 453 g/mol. The molecule has 3 aromatic rings. The van der Waals surface area contributed by atoms with Crippen molar-refractivity contribution in [2.75, 3.05) is 18.0 Å². The topological polar surface area (TPSA) is 49.2 Å². The largest absolute Gasteiger partial charge is 0.390 e. The van der Waals surface area contributed by atoms with Crippen LogP contribution in [0.25, 0.3) is 11.3 Å². The Hall–Kier alpha value is -2.14. The minimum atomic E-state index is -0.149. The van der Waals surface area contributed by atoms with Gasteiger partial charge in [-0.25, -0.2) is 9.97 Å². The van der Waals surface area contributed by atoms with Crippen molar-refractivity contribution in [1.29, 1.82) is 0 Å². The number of aromatic nitrogens is 2. The number of piperidine rings is 1. The van der Waals surface area contributed by atoms with E-state index in [2.05, 4.69) is 29.2 Å². The number of fused-ring (bicyclic) bond motifs is 1. The molecule has 1 fully saturated rings. The van der Waals surface area contributed by atoms with Crippen LogP contribution in [0.5, 0.6) is 0 Å². The van der Waals surface area contributed by atoms with Gasteiger partial charge in [0.15, 0.2) is 5.82 Å². The average Bonchev–Trinajstić information content (AvgIpc) is 3.13. The van der Waals surface area contributed by atoms with Crippen molar-refractivity contribution in [3.63, 3.8) is 0 Å². The Balaban J connectivity index is 1.39. The predicted octanol–water partition coefficient (Wildman–Crippen LogP) is 5.64. The molecule has 160 valence electrons. The van der Waals surface area contributed by atoms with E-state index in [0.29, 0.717) is 21.2 Å². The first kappa shape index (κ1) is 20.7. The van der Waals surface area contributed by atoms with E-state index in [1.807, 2.05) is 13.0 Å². The molecule has 1 aliphatic heterocycles. The van der Waals surface area contributed by atoms with Crippen LogP contribution in [0, 0.1) is 12.3 Å². The summed E-state index contributed by atoms with van der Waals surface area (Å²) in [5.41, 5.74) is 6.38. The van der Waals surface area contributed by atoms with Gasteiger partial charge in [0, 0.05) is 18.7 Å². The number of anilines is 1. The molecule has 5 rings (SSSR count). The summed E-state index contributed by atoms with van der Waals surface area (Å²) in [6, 6.07) is 14.3. The van der Waals surface area contributed by atoms with Crippen LogP contribution in [0.15, 0.2) is 42.5 Å². The smallest absolute Gasteiger partial charge is 0.153 e. The molecule has 1 aliphatic carbocycles. The highest BCUT2D eigenvalue weighted by molar-refractivity contribution is 6.42. The molecule has 1 aromatic heterocycles. The van der Waals surface area contributed by atoms with Crippen molar-refractivity contribution < 1.29 is 5.11 Å². The summed E-state index contributed by atoms with van der Waals surface area (Å²) >= 11 is 12.3. The molecule has 31 heavy (non-hydrogen) atoms. The van der Waals surface area contributed by atoms with Crippen LogP contribution in [-0.4, -0.2) is 28.2 Å². The van der Waals surface area contributed by atoms with Gasteiger partial charge >= 0.3 is 0 Å². The van der Waals surface area contributed by atoms with Gasteiger partial charge in [0.05, 0.1) is 28.0 Å². The number of hydrogen-bond donors (Lipinski definition) is 1. The summed E-state index contributed by atoms with van der Waals surface area (Å²) < 4.78 is 0. The fraction of sp³-hybridized carbons (Fsp3) is 0.360. The molecule has 6 heteroatoms. The number of hydrogen-bond acceptors (Lipinski definition) is 4. The van der Waals surface area contributed by atoms with Gasteiger partial charge in [-0.15, -0.1) is 0 Å². The molecular weight excluding hydrogens is 429 g/mol. The number of nitrogens with zero attached hydrogens (tertiary/aromatic N) is 3. The molecule has 0 amide bonds. The van der Waals surface area contributed by atoms with Gasteiger partial charge in [-0.2, -0.15) is 0 Å². The Morgan fingerprint density at radius 2 is 1.65 bits per heavy atom. The number of aryl methyl sites for hydroxylation is 1. The molecule has 1 spiro atoms. The number of aliphatic hydroxyl groups is 1. The number of rotatable bonds is 3. The van der Waals surface area contributed by atoms with Crippen molar-refractivity contribution in [3.8, 4) is 11.3 Å². The minimum Gasteiger partial charge on any atom is -0.390 e. The van der Waals surface area contributed by atoms with E-state index in [4.69, 9.17) is 33.2 Å². The first-order valence-electron chi connectivity index (χ1n) is 10.7. The molecule has 1 saturated heterocycles. The van der Waals surface area contributed by atoms with E-state index in [1.54, 1.807) is 12.1 Å². The highest BCUT2D eigenvalue weighted by Crippen LogP contribution is 2.45. The maximum atomic E-state index is 10.1. The van der Waals surface area contributed by atoms with E-state index >= 15 is 0 Å². The molecule has 4 nitrogen and oxygen atoms in total. The maximum absolute atomic E-state index is 10.1. The summed E-state index contributed by atoms with van der Waals surface area (Å²) in [5.74, 6) is 0.800. The summed E-state index contributed by atoms with van der Waals surface area (Å²) in [5, 5.41) is 11.0. The Morgan fingerprint density at radius 3 is 2.26 bits per heavy atom. The van der Waals surface area contributed by atoms with E-state index < -0.39 is 0 Å². The van der Waals surface area contributed by atoms with E-state index in [0.717, 1.165) is 48.7 Å². The van der Waals surface area contributed by atoms with E-state index in [9.17, 15) is 5.11 Å². The molecular formula is C25H25Cl2N3O. The lowest BCUT2D eigenvalue weighted by Crippen LogP contribution is -2.41. The molecule has 0 unspecified atom stereocenters. The molecule has 0 atom stereocenters.